The van der Waals surface area contributed by atoms with Crippen LogP contribution < -0.4 is 11.1 Å². The minimum absolute atomic E-state index is 0.0529. The zero-order valence-electron chi connectivity index (χ0n) is 11.2. The van der Waals surface area contributed by atoms with Gasteiger partial charge in [0.05, 0.1) is 11.0 Å². The Balaban J connectivity index is 1.78. The lowest BCUT2D eigenvalue weighted by atomic mass is 10.0. The molecule has 5 nitrogen and oxygen atoms in total. The highest BCUT2D eigenvalue weighted by atomic mass is 16.1. The highest BCUT2D eigenvalue weighted by Crippen LogP contribution is 2.25. The Kier molecular flexibility index (Phi) is 3.60. The third-order valence-electron chi connectivity index (χ3n) is 4.01. The van der Waals surface area contributed by atoms with Gasteiger partial charge >= 0.3 is 0 Å². The molecule has 3 rings (SSSR count). The molecule has 20 heavy (non-hydrogen) atoms. The number of amides is 1. The highest BCUT2D eigenvalue weighted by Gasteiger charge is 2.27. The van der Waals surface area contributed by atoms with Gasteiger partial charge in [0.25, 0.3) is 5.91 Å². The van der Waals surface area contributed by atoms with Gasteiger partial charge in [-0.15, -0.1) is 0 Å². The van der Waals surface area contributed by atoms with Crippen molar-refractivity contribution in [2.45, 2.75) is 25.3 Å². The fraction of sp³-hybridized carbons (Fsp3) is 0.400. The third kappa shape index (κ3) is 2.49. The first-order valence-corrected chi connectivity index (χ1v) is 6.99. The molecule has 5 heteroatoms. The van der Waals surface area contributed by atoms with Crippen molar-refractivity contribution in [3.8, 4) is 0 Å². The van der Waals surface area contributed by atoms with E-state index in [2.05, 4.69) is 15.3 Å². The zero-order valence-corrected chi connectivity index (χ0v) is 11.2. The molecule has 1 saturated carbocycles. The smallest absolute Gasteiger partial charge is 0.251 e. The van der Waals surface area contributed by atoms with E-state index in [0.29, 0.717) is 18.0 Å². The summed E-state index contributed by atoms with van der Waals surface area (Å²) in [5.41, 5.74) is 7.90. The number of nitrogens with two attached hydrogens (primary N) is 1. The second kappa shape index (κ2) is 5.54. The van der Waals surface area contributed by atoms with E-state index < -0.39 is 0 Å². The Morgan fingerprint density at radius 3 is 2.85 bits per heavy atom. The number of hydrogen-bond acceptors (Lipinski definition) is 4. The Hall–Kier alpha value is -2.01. The average molecular weight is 270 g/mol. The Morgan fingerprint density at radius 1 is 1.25 bits per heavy atom. The molecule has 1 heterocycles. The predicted octanol–water partition coefficient (Wildman–Crippen LogP) is 1.49. The fourth-order valence-electron chi connectivity index (χ4n) is 2.87. The van der Waals surface area contributed by atoms with Gasteiger partial charge in [0, 0.05) is 24.0 Å². The lowest BCUT2D eigenvalue weighted by Gasteiger charge is -2.19. The first-order chi connectivity index (χ1) is 9.78. The lowest BCUT2D eigenvalue weighted by molar-refractivity contribution is 0.0929. The van der Waals surface area contributed by atoms with Crippen molar-refractivity contribution in [3.05, 3.63) is 36.2 Å². The molecule has 0 bridgehead atoms. The number of nitrogens with zero attached hydrogens (tertiary/aromatic N) is 2. The summed E-state index contributed by atoms with van der Waals surface area (Å²) in [6, 6.07) is 5.60. The molecule has 1 aromatic heterocycles. The molecule has 2 atom stereocenters. The van der Waals surface area contributed by atoms with Crippen LogP contribution in [0.1, 0.15) is 29.6 Å². The zero-order chi connectivity index (χ0) is 13.9. The molecule has 0 radical (unpaired) electrons. The molecular formula is C15H18N4O. The van der Waals surface area contributed by atoms with Crippen LogP contribution >= 0.6 is 0 Å². The molecule has 2 aromatic rings. The van der Waals surface area contributed by atoms with Crippen LogP contribution in [0.3, 0.4) is 0 Å². The molecule has 0 saturated heterocycles. The van der Waals surface area contributed by atoms with E-state index in [0.717, 1.165) is 30.3 Å². The van der Waals surface area contributed by atoms with E-state index >= 15 is 0 Å². The van der Waals surface area contributed by atoms with E-state index in [4.69, 9.17) is 5.73 Å². The van der Waals surface area contributed by atoms with Crippen molar-refractivity contribution in [3.63, 3.8) is 0 Å². The van der Waals surface area contributed by atoms with E-state index in [-0.39, 0.29) is 11.9 Å². The molecule has 1 amide bonds. The number of hydrogen-bond donors (Lipinski definition) is 2. The van der Waals surface area contributed by atoms with Crippen molar-refractivity contribution in [2.24, 2.45) is 11.7 Å². The van der Waals surface area contributed by atoms with Crippen LogP contribution in [0.2, 0.25) is 0 Å². The number of benzene rings is 1. The van der Waals surface area contributed by atoms with Gasteiger partial charge in [0.1, 0.15) is 0 Å². The van der Waals surface area contributed by atoms with Crippen molar-refractivity contribution in [1.29, 1.82) is 0 Å². The topological polar surface area (TPSA) is 80.9 Å². The fourth-order valence-corrected chi connectivity index (χ4v) is 2.87. The standard InChI is InChI=1S/C15H18N4O/c16-9-11-2-1-3-12(11)19-15(20)10-4-5-13-14(8-10)18-7-6-17-13/h4-8,11-12H,1-3,9,16H2,(H,19,20). The number of rotatable bonds is 3. The number of nitrogens with one attached hydrogen (secondary N) is 1. The predicted molar refractivity (Wildman–Crippen MR) is 77.2 cm³/mol. The van der Waals surface area contributed by atoms with E-state index in [9.17, 15) is 4.79 Å². The summed E-state index contributed by atoms with van der Waals surface area (Å²) >= 11 is 0. The quantitative estimate of drug-likeness (QED) is 0.885. The molecule has 0 aliphatic heterocycles. The van der Waals surface area contributed by atoms with Gasteiger partial charge in [0.15, 0.2) is 0 Å². The monoisotopic (exact) mass is 270 g/mol. The normalized spacial score (nSPS) is 22.1. The van der Waals surface area contributed by atoms with E-state index in [1.807, 2.05) is 6.07 Å². The van der Waals surface area contributed by atoms with Crippen LogP contribution in [0.25, 0.3) is 11.0 Å². The van der Waals surface area contributed by atoms with Crippen LogP contribution in [0.15, 0.2) is 30.6 Å². The van der Waals surface area contributed by atoms with Gasteiger partial charge in [0.2, 0.25) is 0 Å². The van der Waals surface area contributed by atoms with Gasteiger partial charge in [-0.3, -0.25) is 14.8 Å². The van der Waals surface area contributed by atoms with E-state index in [1.165, 1.54) is 0 Å². The van der Waals surface area contributed by atoms with Crippen LogP contribution in [0, 0.1) is 5.92 Å². The largest absolute Gasteiger partial charge is 0.349 e. The molecule has 1 aliphatic carbocycles. The van der Waals surface area contributed by atoms with Crippen molar-refractivity contribution in [1.82, 2.24) is 15.3 Å². The number of carbonyl (C=O) groups is 1. The third-order valence-corrected chi connectivity index (χ3v) is 4.01. The lowest BCUT2D eigenvalue weighted by Crippen LogP contribution is -2.39. The van der Waals surface area contributed by atoms with Crippen LogP contribution in [-0.2, 0) is 0 Å². The second-order valence-corrected chi connectivity index (χ2v) is 5.27. The minimum Gasteiger partial charge on any atom is -0.349 e. The maximum atomic E-state index is 12.3. The van der Waals surface area contributed by atoms with Crippen molar-refractivity contribution < 1.29 is 4.79 Å². The molecule has 2 unspecified atom stereocenters. The summed E-state index contributed by atoms with van der Waals surface area (Å²) in [7, 11) is 0. The number of aromatic nitrogens is 2. The molecule has 104 valence electrons. The Bertz CT molecular complexity index is 628. The molecule has 0 spiro atoms. The Labute approximate surface area is 117 Å². The number of fused-ring (bicyclic) bond motifs is 1. The van der Waals surface area contributed by atoms with Gasteiger partial charge in [-0.2, -0.15) is 0 Å². The van der Waals surface area contributed by atoms with E-state index in [1.54, 1.807) is 24.5 Å². The summed E-state index contributed by atoms with van der Waals surface area (Å²) < 4.78 is 0. The van der Waals surface area contributed by atoms with Gasteiger partial charge in [-0.25, -0.2) is 0 Å². The average Bonchev–Trinajstić information content (AvgIpc) is 2.94. The molecule has 1 aromatic carbocycles. The van der Waals surface area contributed by atoms with Crippen molar-refractivity contribution in [2.75, 3.05) is 6.54 Å². The summed E-state index contributed by atoms with van der Waals surface area (Å²) in [6.45, 7) is 0.633. The Morgan fingerprint density at radius 2 is 2.05 bits per heavy atom. The minimum atomic E-state index is -0.0529. The summed E-state index contributed by atoms with van der Waals surface area (Å²) in [5.74, 6) is 0.349. The maximum absolute atomic E-state index is 12.3. The van der Waals surface area contributed by atoms with Gasteiger partial charge < -0.3 is 11.1 Å². The summed E-state index contributed by atoms with van der Waals surface area (Å²) in [6.07, 6.45) is 6.53. The first-order valence-electron chi connectivity index (χ1n) is 6.99. The van der Waals surface area contributed by atoms with Crippen molar-refractivity contribution >= 4 is 16.9 Å². The van der Waals surface area contributed by atoms with Gasteiger partial charge in [-0.1, -0.05) is 6.42 Å². The van der Waals surface area contributed by atoms with Crippen LogP contribution in [0.4, 0.5) is 0 Å². The highest BCUT2D eigenvalue weighted by molar-refractivity contribution is 5.97. The van der Waals surface area contributed by atoms with Crippen LogP contribution in [0.5, 0.6) is 0 Å². The maximum Gasteiger partial charge on any atom is 0.251 e. The summed E-state index contributed by atoms with van der Waals surface area (Å²) in [5, 5.41) is 3.09. The molecular weight excluding hydrogens is 252 g/mol. The SMILES string of the molecule is NCC1CCCC1NC(=O)c1ccc2nccnc2c1. The second-order valence-electron chi connectivity index (χ2n) is 5.27. The molecule has 1 aliphatic rings. The molecule has 1 fully saturated rings. The van der Waals surface area contributed by atoms with Gasteiger partial charge in [-0.05, 0) is 43.5 Å². The van der Waals surface area contributed by atoms with Crippen LogP contribution in [-0.4, -0.2) is 28.5 Å². The first kappa shape index (κ1) is 13.0. The molecule has 3 N–H and O–H groups in total. The summed E-state index contributed by atoms with van der Waals surface area (Å²) in [4.78, 5) is 20.7. The number of carbonyl (C=O) groups excluding carboxylic acids is 1.